The summed E-state index contributed by atoms with van der Waals surface area (Å²) in [6, 6.07) is 15.3. The monoisotopic (exact) mass is 602 g/mol. The van der Waals surface area contributed by atoms with Gasteiger partial charge in [-0.05, 0) is 99.2 Å². The van der Waals surface area contributed by atoms with E-state index in [4.69, 9.17) is 10.5 Å². The van der Waals surface area contributed by atoms with Gasteiger partial charge in [0, 0.05) is 56.6 Å². The molecule has 4 aliphatic rings. The molecule has 4 N–H and O–H groups in total. The molecule has 0 radical (unpaired) electrons. The molecule has 4 aliphatic heterocycles. The minimum atomic E-state index is -0.894. The van der Waals surface area contributed by atoms with Crippen molar-refractivity contribution in [2.75, 3.05) is 56.9 Å². The van der Waals surface area contributed by atoms with Crippen LogP contribution >= 0.6 is 0 Å². The first kappa shape index (κ1) is 30.2. The fourth-order valence-corrected chi connectivity index (χ4v) is 7.45. The van der Waals surface area contributed by atoms with Gasteiger partial charge in [0.25, 0.3) is 5.91 Å². The van der Waals surface area contributed by atoms with Crippen LogP contribution < -0.4 is 16.4 Å². The van der Waals surface area contributed by atoms with Crippen molar-refractivity contribution >= 4 is 29.4 Å². The summed E-state index contributed by atoms with van der Waals surface area (Å²) in [5.74, 6) is 1.27. The van der Waals surface area contributed by atoms with Crippen molar-refractivity contribution in [2.24, 2.45) is 11.8 Å². The number of amides is 4. The molecule has 2 aromatic carbocycles. The highest BCUT2D eigenvalue weighted by Crippen LogP contribution is 2.31. The van der Waals surface area contributed by atoms with Crippen LogP contribution in [0.2, 0.25) is 0 Å². The average molecular weight is 603 g/mol. The van der Waals surface area contributed by atoms with E-state index in [1.54, 1.807) is 4.90 Å². The first-order valence-electron chi connectivity index (χ1n) is 16.4. The fourth-order valence-electron chi connectivity index (χ4n) is 7.45. The zero-order valence-corrected chi connectivity index (χ0v) is 25.6. The zero-order chi connectivity index (χ0) is 30.5. The maximum Gasteiger partial charge on any atom is 0.410 e. The van der Waals surface area contributed by atoms with Crippen LogP contribution in [0.4, 0.5) is 21.0 Å². The standard InChI is InChI=1S/C34H46N6O4/c35-28-7-5-24(6-8-28)23-31(32(41)38-18-11-26(12-19-38)25-9-16-36-17-10-25)44-34(43)39-20-14-29(15-21-39)40-22-13-27-3-1-2-4-30(27)37-33(40)42/h1-8,25-26,29,31,36H,9-23,35H2,(H,37,42)/t31-/m1/s1. The molecule has 4 amide bonds. The number of rotatable bonds is 6. The Bertz CT molecular complexity index is 1300. The SMILES string of the molecule is Nc1ccc(C[C@@H](OC(=O)N2CCC(N3CCc4ccccc4NC3=O)CC2)C(=O)N2CCC(C3CCNCC3)CC2)cc1. The molecule has 4 heterocycles. The van der Waals surface area contributed by atoms with Gasteiger partial charge < -0.3 is 35.8 Å². The lowest BCUT2D eigenvalue weighted by Gasteiger charge is -2.39. The lowest BCUT2D eigenvalue weighted by Crippen LogP contribution is -2.52. The van der Waals surface area contributed by atoms with Crippen LogP contribution in [0.25, 0.3) is 0 Å². The Kier molecular flexibility index (Phi) is 9.54. The highest BCUT2D eigenvalue weighted by molar-refractivity contribution is 5.91. The number of fused-ring (bicyclic) bond motifs is 1. The summed E-state index contributed by atoms with van der Waals surface area (Å²) in [6.07, 6.45) is 5.50. The number of ether oxygens (including phenoxy) is 1. The predicted octanol–water partition coefficient (Wildman–Crippen LogP) is 4.11. The van der Waals surface area contributed by atoms with E-state index in [0.717, 1.165) is 55.1 Å². The fraction of sp³-hybridized carbons (Fsp3) is 0.559. The van der Waals surface area contributed by atoms with Crippen LogP contribution in [0.1, 0.15) is 49.7 Å². The molecule has 3 saturated heterocycles. The zero-order valence-electron chi connectivity index (χ0n) is 25.6. The Morgan fingerprint density at radius 2 is 1.50 bits per heavy atom. The number of hydrogen-bond donors (Lipinski definition) is 3. The van der Waals surface area contributed by atoms with Crippen LogP contribution in [0.15, 0.2) is 48.5 Å². The van der Waals surface area contributed by atoms with Crippen LogP contribution in [0, 0.1) is 11.8 Å². The second-order valence-corrected chi connectivity index (χ2v) is 12.8. The quantitative estimate of drug-likeness (QED) is 0.428. The molecular formula is C34H46N6O4. The Hall–Kier alpha value is -3.79. The van der Waals surface area contributed by atoms with Crippen molar-refractivity contribution in [3.05, 3.63) is 59.7 Å². The topological polar surface area (TPSA) is 120 Å². The number of nitrogen functional groups attached to an aromatic ring is 1. The molecule has 0 saturated carbocycles. The van der Waals surface area contributed by atoms with E-state index in [-0.39, 0.29) is 18.0 Å². The Labute approximate surface area is 260 Å². The van der Waals surface area contributed by atoms with Gasteiger partial charge in [-0.2, -0.15) is 0 Å². The van der Waals surface area contributed by atoms with Crippen LogP contribution in [0.3, 0.4) is 0 Å². The molecule has 0 bridgehead atoms. The van der Waals surface area contributed by atoms with Crippen LogP contribution in [-0.4, -0.2) is 90.7 Å². The lowest BCUT2D eigenvalue weighted by atomic mass is 9.79. The lowest BCUT2D eigenvalue weighted by molar-refractivity contribution is -0.142. The molecule has 10 heteroatoms. The van der Waals surface area contributed by atoms with E-state index >= 15 is 0 Å². The van der Waals surface area contributed by atoms with Gasteiger partial charge >= 0.3 is 12.1 Å². The summed E-state index contributed by atoms with van der Waals surface area (Å²) in [4.78, 5) is 45.8. The third-order valence-corrected chi connectivity index (χ3v) is 10.1. The highest BCUT2D eigenvalue weighted by atomic mass is 16.6. The van der Waals surface area contributed by atoms with E-state index in [9.17, 15) is 14.4 Å². The Balaban J connectivity index is 1.06. The summed E-state index contributed by atoms with van der Waals surface area (Å²) in [5, 5.41) is 6.50. The number of anilines is 2. The van der Waals surface area contributed by atoms with Crippen LogP contribution in [-0.2, 0) is 22.4 Å². The molecule has 236 valence electrons. The summed E-state index contributed by atoms with van der Waals surface area (Å²) in [5.41, 5.74) is 9.45. The maximum absolute atomic E-state index is 13.8. The smallest absolute Gasteiger partial charge is 0.410 e. The van der Waals surface area contributed by atoms with Crippen molar-refractivity contribution in [1.82, 2.24) is 20.0 Å². The number of nitrogens with zero attached hydrogens (tertiary/aromatic N) is 3. The van der Waals surface area contributed by atoms with Crippen molar-refractivity contribution in [1.29, 1.82) is 0 Å². The van der Waals surface area contributed by atoms with Crippen LogP contribution in [0.5, 0.6) is 0 Å². The molecule has 44 heavy (non-hydrogen) atoms. The molecule has 0 aliphatic carbocycles. The van der Waals surface area contributed by atoms with Gasteiger partial charge in [0.15, 0.2) is 6.10 Å². The third-order valence-electron chi connectivity index (χ3n) is 10.1. The number of benzene rings is 2. The van der Waals surface area contributed by atoms with Crippen molar-refractivity contribution in [3.63, 3.8) is 0 Å². The minimum Gasteiger partial charge on any atom is -0.436 e. The van der Waals surface area contributed by atoms with Gasteiger partial charge in [-0.15, -0.1) is 0 Å². The normalized spacial score (nSPS) is 21.3. The van der Waals surface area contributed by atoms with Crippen molar-refractivity contribution in [2.45, 2.75) is 63.5 Å². The van der Waals surface area contributed by atoms with Crippen molar-refractivity contribution < 1.29 is 19.1 Å². The number of nitrogens with two attached hydrogens (primary N) is 1. The summed E-state index contributed by atoms with van der Waals surface area (Å²) in [7, 11) is 0. The highest BCUT2D eigenvalue weighted by Gasteiger charge is 2.36. The van der Waals surface area contributed by atoms with E-state index in [1.807, 2.05) is 52.3 Å². The number of para-hydroxylation sites is 1. The Morgan fingerprint density at radius 3 is 2.23 bits per heavy atom. The minimum absolute atomic E-state index is 0.0433. The molecule has 1 atom stereocenters. The first-order valence-corrected chi connectivity index (χ1v) is 16.4. The number of urea groups is 1. The maximum atomic E-state index is 13.8. The van der Waals surface area contributed by atoms with E-state index in [2.05, 4.69) is 16.7 Å². The Morgan fingerprint density at radius 1 is 0.841 bits per heavy atom. The molecule has 2 aromatic rings. The van der Waals surface area contributed by atoms with Gasteiger partial charge in [-0.25, -0.2) is 9.59 Å². The number of nitrogens with one attached hydrogen (secondary N) is 2. The van der Waals surface area contributed by atoms with Gasteiger partial charge in [-0.3, -0.25) is 4.79 Å². The molecular weight excluding hydrogens is 556 g/mol. The molecule has 10 nitrogen and oxygen atoms in total. The summed E-state index contributed by atoms with van der Waals surface area (Å²) in [6.45, 7) is 5.17. The summed E-state index contributed by atoms with van der Waals surface area (Å²) >= 11 is 0. The predicted molar refractivity (Wildman–Crippen MR) is 170 cm³/mol. The first-order chi connectivity index (χ1) is 21.4. The van der Waals surface area contributed by atoms with E-state index in [1.165, 1.54) is 12.8 Å². The largest absolute Gasteiger partial charge is 0.436 e. The van der Waals surface area contributed by atoms with Gasteiger partial charge in [0.2, 0.25) is 0 Å². The van der Waals surface area contributed by atoms with E-state index < -0.39 is 12.2 Å². The van der Waals surface area contributed by atoms with Gasteiger partial charge in [0.05, 0.1) is 0 Å². The molecule has 0 spiro atoms. The van der Waals surface area contributed by atoms with Gasteiger partial charge in [0.1, 0.15) is 0 Å². The van der Waals surface area contributed by atoms with Crippen molar-refractivity contribution in [3.8, 4) is 0 Å². The number of carbonyl (C=O) groups is 3. The number of piperidine rings is 3. The number of likely N-dealkylation sites (tertiary alicyclic amines) is 2. The second kappa shape index (κ2) is 13.9. The molecule has 0 unspecified atom stereocenters. The summed E-state index contributed by atoms with van der Waals surface area (Å²) < 4.78 is 6.01. The molecule has 3 fully saturated rings. The second-order valence-electron chi connectivity index (χ2n) is 12.8. The molecule has 6 rings (SSSR count). The van der Waals surface area contributed by atoms with E-state index in [0.29, 0.717) is 63.6 Å². The average Bonchev–Trinajstić information content (AvgIpc) is 3.23. The number of carbonyl (C=O) groups excluding carboxylic acids is 3. The van der Waals surface area contributed by atoms with Gasteiger partial charge in [-0.1, -0.05) is 30.3 Å². The third kappa shape index (κ3) is 7.12. The molecule has 0 aromatic heterocycles. The number of hydrogen-bond acceptors (Lipinski definition) is 6.